The van der Waals surface area contributed by atoms with E-state index in [4.69, 9.17) is 4.74 Å². The molecule has 0 spiro atoms. The second-order valence-electron chi connectivity index (χ2n) is 17.9. The molecule has 0 aliphatic rings. The van der Waals surface area contributed by atoms with Crippen LogP contribution >= 0.6 is 0 Å². The number of aliphatic hydroxyl groups excluding tert-OH is 2. The van der Waals surface area contributed by atoms with Crippen LogP contribution in [0.2, 0.25) is 0 Å². The van der Waals surface area contributed by atoms with Gasteiger partial charge in [-0.15, -0.1) is 0 Å². The number of ether oxygens (including phenoxy) is 1. The van der Waals surface area contributed by atoms with Crippen molar-refractivity contribution in [1.82, 2.24) is 5.32 Å². The van der Waals surface area contributed by atoms with E-state index in [0.717, 1.165) is 44.9 Å². The third-order valence-electron chi connectivity index (χ3n) is 12.2. The summed E-state index contributed by atoms with van der Waals surface area (Å²) in [6.45, 7) is 6.49. The van der Waals surface area contributed by atoms with Gasteiger partial charge in [-0.2, -0.15) is 0 Å². The second kappa shape index (κ2) is 45.9. The van der Waals surface area contributed by atoms with Gasteiger partial charge >= 0.3 is 5.97 Å². The molecule has 0 fully saturated rings. The Hall–Kier alpha value is -1.14. The van der Waals surface area contributed by atoms with E-state index in [1.54, 1.807) is 0 Å². The van der Waals surface area contributed by atoms with Gasteiger partial charge in [0.15, 0.2) is 0 Å². The lowest BCUT2D eigenvalue weighted by Gasteiger charge is -2.24. The van der Waals surface area contributed by atoms with Crippen LogP contribution in [-0.2, 0) is 14.3 Å². The van der Waals surface area contributed by atoms with Crippen molar-refractivity contribution in [2.75, 3.05) is 6.61 Å². The Morgan fingerprint density at radius 1 is 0.439 bits per heavy atom. The summed E-state index contributed by atoms with van der Waals surface area (Å²) in [5, 5.41) is 23.8. The third-order valence-corrected chi connectivity index (χ3v) is 12.2. The number of amides is 1. The van der Waals surface area contributed by atoms with Crippen LogP contribution in [0.3, 0.4) is 0 Å². The van der Waals surface area contributed by atoms with E-state index in [0.29, 0.717) is 19.3 Å². The molecule has 0 aliphatic carbocycles. The lowest BCUT2D eigenvalue weighted by atomic mass is 10.0. The van der Waals surface area contributed by atoms with E-state index in [9.17, 15) is 19.8 Å². The van der Waals surface area contributed by atoms with E-state index < -0.39 is 18.2 Å². The molecule has 3 atom stereocenters. The molecule has 0 aromatic heterocycles. The van der Waals surface area contributed by atoms with Crippen LogP contribution in [0, 0.1) is 0 Å². The standard InChI is InChI=1S/C51H101NO5/c1-4-7-10-13-16-19-21-23-24-25-26-27-29-32-34-37-40-43-49(54)48(46-53)52-50(55)45-47(42-39-36-33-31-28-22-20-17-14-11-8-5-2)57-51(56)44-41-38-35-30-18-15-12-9-6-3/h47-49,53-54H,4-46H2,1-3H3,(H,52,55). The monoisotopic (exact) mass is 808 g/mol. The van der Waals surface area contributed by atoms with Gasteiger partial charge in [0, 0.05) is 6.42 Å². The molecule has 6 heteroatoms. The predicted octanol–water partition coefficient (Wildman–Crippen LogP) is 15.2. The number of nitrogens with one attached hydrogen (secondary N) is 1. The molecular formula is C51H101NO5. The summed E-state index contributed by atoms with van der Waals surface area (Å²) < 4.78 is 5.91. The van der Waals surface area contributed by atoms with Crippen LogP contribution < -0.4 is 5.32 Å². The minimum absolute atomic E-state index is 0.0872. The zero-order valence-corrected chi connectivity index (χ0v) is 38.8. The van der Waals surface area contributed by atoms with Gasteiger partial charge in [0.2, 0.25) is 5.91 Å². The van der Waals surface area contributed by atoms with Crippen molar-refractivity contribution in [3.8, 4) is 0 Å². The maximum Gasteiger partial charge on any atom is 0.306 e. The van der Waals surface area contributed by atoms with E-state index in [-0.39, 0.29) is 24.9 Å². The summed E-state index contributed by atoms with van der Waals surface area (Å²) in [6, 6.07) is -0.691. The molecule has 0 heterocycles. The summed E-state index contributed by atoms with van der Waals surface area (Å²) in [5.41, 5.74) is 0. The van der Waals surface area contributed by atoms with Crippen molar-refractivity contribution in [3.05, 3.63) is 0 Å². The van der Waals surface area contributed by atoms with Gasteiger partial charge in [0.25, 0.3) is 0 Å². The maximum atomic E-state index is 13.2. The quantitative estimate of drug-likeness (QED) is 0.0420. The van der Waals surface area contributed by atoms with Crippen LogP contribution in [0.5, 0.6) is 0 Å². The normalized spacial score (nSPS) is 13.1. The van der Waals surface area contributed by atoms with Crippen molar-refractivity contribution >= 4 is 11.9 Å². The molecule has 0 aromatic carbocycles. The SMILES string of the molecule is CCCCCCCCCCCCCCCCCCCC(O)C(CO)NC(=O)CC(CCCCCCCCCCCCCC)OC(=O)CCCCCCCCCCC. The zero-order valence-electron chi connectivity index (χ0n) is 38.8. The number of esters is 1. The number of carbonyl (C=O) groups excluding carboxylic acids is 2. The molecule has 0 saturated heterocycles. The summed E-state index contributed by atoms with van der Waals surface area (Å²) in [5.74, 6) is -0.456. The summed E-state index contributed by atoms with van der Waals surface area (Å²) in [7, 11) is 0. The Kier molecular flexibility index (Phi) is 45.0. The van der Waals surface area contributed by atoms with E-state index in [1.807, 2.05) is 0 Å². The fourth-order valence-corrected chi connectivity index (χ4v) is 8.26. The summed E-state index contributed by atoms with van der Waals surface area (Å²) in [6.07, 6.45) is 48.8. The van der Waals surface area contributed by atoms with Crippen LogP contribution in [0.4, 0.5) is 0 Å². The summed E-state index contributed by atoms with van der Waals surface area (Å²) >= 11 is 0. The van der Waals surface area contributed by atoms with Crippen molar-refractivity contribution in [2.24, 2.45) is 0 Å². The van der Waals surface area contributed by atoms with Gasteiger partial charge in [0.05, 0.1) is 25.2 Å². The highest BCUT2D eigenvalue weighted by Gasteiger charge is 2.24. The number of hydrogen-bond acceptors (Lipinski definition) is 5. The number of rotatable bonds is 47. The van der Waals surface area contributed by atoms with Crippen molar-refractivity contribution in [2.45, 2.75) is 309 Å². The lowest BCUT2D eigenvalue weighted by molar-refractivity contribution is -0.151. The van der Waals surface area contributed by atoms with Crippen molar-refractivity contribution in [3.63, 3.8) is 0 Å². The van der Waals surface area contributed by atoms with Gasteiger partial charge in [-0.1, -0.05) is 252 Å². The highest BCUT2D eigenvalue weighted by Crippen LogP contribution is 2.19. The maximum absolute atomic E-state index is 13.2. The topological polar surface area (TPSA) is 95.9 Å². The van der Waals surface area contributed by atoms with Crippen LogP contribution in [-0.4, -0.2) is 46.9 Å². The molecule has 0 rings (SSSR count). The smallest absolute Gasteiger partial charge is 0.306 e. The Morgan fingerprint density at radius 2 is 0.737 bits per heavy atom. The Balaban J connectivity index is 4.40. The molecule has 1 amide bonds. The molecule has 3 N–H and O–H groups in total. The van der Waals surface area contributed by atoms with Crippen molar-refractivity contribution in [1.29, 1.82) is 0 Å². The fraction of sp³-hybridized carbons (Fsp3) is 0.961. The summed E-state index contributed by atoms with van der Waals surface area (Å²) in [4.78, 5) is 26.0. The van der Waals surface area contributed by atoms with E-state index in [1.165, 1.54) is 199 Å². The molecule has 0 bridgehead atoms. The molecule has 0 aromatic rings. The van der Waals surface area contributed by atoms with E-state index in [2.05, 4.69) is 26.1 Å². The molecule has 0 aliphatic heterocycles. The molecule has 57 heavy (non-hydrogen) atoms. The van der Waals surface area contributed by atoms with Gasteiger partial charge in [-0.25, -0.2) is 0 Å². The Morgan fingerprint density at radius 3 is 1.07 bits per heavy atom. The first-order chi connectivity index (χ1) is 28.0. The van der Waals surface area contributed by atoms with Gasteiger partial charge in [-0.05, 0) is 25.7 Å². The Bertz CT molecular complexity index is 821. The minimum Gasteiger partial charge on any atom is -0.462 e. The first-order valence-corrected chi connectivity index (χ1v) is 25.8. The third kappa shape index (κ3) is 41.4. The molecule has 0 radical (unpaired) electrons. The molecule has 0 saturated carbocycles. The average Bonchev–Trinajstić information content (AvgIpc) is 3.20. The number of unbranched alkanes of at least 4 members (excludes halogenated alkanes) is 35. The number of aliphatic hydroxyl groups is 2. The first-order valence-electron chi connectivity index (χ1n) is 25.8. The fourth-order valence-electron chi connectivity index (χ4n) is 8.26. The van der Waals surface area contributed by atoms with Crippen molar-refractivity contribution < 1.29 is 24.5 Å². The lowest BCUT2D eigenvalue weighted by Crippen LogP contribution is -2.46. The van der Waals surface area contributed by atoms with E-state index >= 15 is 0 Å². The van der Waals surface area contributed by atoms with Gasteiger partial charge in [0.1, 0.15) is 6.10 Å². The largest absolute Gasteiger partial charge is 0.462 e. The van der Waals surface area contributed by atoms with Crippen LogP contribution in [0.25, 0.3) is 0 Å². The highest BCUT2D eigenvalue weighted by atomic mass is 16.5. The molecule has 3 unspecified atom stereocenters. The minimum atomic E-state index is -0.778. The second-order valence-corrected chi connectivity index (χ2v) is 17.9. The average molecular weight is 808 g/mol. The van der Waals surface area contributed by atoms with Crippen LogP contribution in [0.1, 0.15) is 290 Å². The molecular weight excluding hydrogens is 707 g/mol. The van der Waals surface area contributed by atoms with Gasteiger partial charge < -0.3 is 20.3 Å². The number of hydrogen-bond donors (Lipinski definition) is 3. The van der Waals surface area contributed by atoms with Crippen LogP contribution in [0.15, 0.2) is 0 Å². The molecule has 6 nitrogen and oxygen atoms in total. The Labute approximate surface area is 356 Å². The zero-order chi connectivity index (χ0) is 41.7. The number of carbonyl (C=O) groups is 2. The van der Waals surface area contributed by atoms with Gasteiger partial charge in [-0.3, -0.25) is 9.59 Å². The molecule has 340 valence electrons. The predicted molar refractivity (Wildman–Crippen MR) is 246 cm³/mol. The first kappa shape index (κ1) is 55.9. The highest BCUT2D eigenvalue weighted by molar-refractivity contribution is 5.77.